The van der Waals surface area contributed by atoms with Crippen molar-refractivity contribution in [3.63, 3.8) is 0 Å². The predicted octanol–water partition coefficient (Wildman–Crippen LogP) is 5.54. The second-order valence-corrected chi connectivity index (χ2v) is 15.4. The zero-order valence-corrected chi connectivity index (χ0v) is 27.8. The van der Waals surface area contributed by atoms with Gasteiger partial charge >= 0.3 is 11.9 Å². The summed E-state index contributed by atoms with van der Waals surface area (Å²) < 4.78 is 11.4. The molecule has 4 saturated carbocycles. The number of fused-ring (bicyclic) bond motifs is 5. The molecule has 250 valence electrons. The number of ether oxygens (including phenoxy) is 2. The first-order valence-corrected chi connectivity index (χ1v) is 17.5. The Balaban J connectivity index is 1.11. The van der Waals surface area contributed by atoms with E-state index in [1.54, 1.807) is 0 Å². The summed E-state index contributed by atoms with van der Waals surface area (Å²) in [5.74, 6) is 2.85. The van der Waals surface area contributed by atoms with E-state index in [0.717, 1.165) is 43.1 Å². The third-order valence-corrected chi connectivity index (χ3v) is 13.0. The van der Waals surface area contributed by atoms with Gasteiger partial charge in [0.25, 0.3) is 0 Å². The number of benzene rings is 1. The maximum Gasteiger partial charge on any atom is 0.325 e. The van der Waals surface area contributed by atoms with Crippen LogP contribution in [0.3, 0.4) is 0 Å². The van der Waals surface area contributed by atoms with Crippen LogP contribution in [-0.4, -0.2) is 47.7 Å². The van der Waals surface area contributed by atoms with Crippen LogP contribution in [0.5, 0.6) is 0 Å². The highest BCUT2D eigenvalue weighted by Gasteiger charge is 2.60. The van der Waals surface area contributed by atoms with E-state index < -0.39 is 24.0 Å². The molecule has 11 atom stereocenters. The molecule has 0 unspecified atom stereocenters. The molecule has 8 heteroatoms. The van der Waals surface area contributed by atoms with E-state index in [4.69, 9.17) is 15.2 Å². The van der Waals surface area contributed by atoms with Crippen LogP contribution in [0, 0.1) is 46.3 Å². The zero-order valence-electron chi connectivity index (χ0n) is 27.8. The van der Waals surface area contributed by atoms with Crippen LogP contribution in [0.4, 0.5) is 0 Å². The SMILES string of the molecule is C[C@@H](O)[C@H](N)C(=O)NCC(=O)O[C@@H]1CC[C@@]2(C)[C@H](CC[C@@H]3[C@@H]2CC[C@]2(C)[C@@H]([C@@H](C)CCC(=O)OCc4ccccc4)CC[C@@H]32)C1. The number of esters is 2. The normalized spacial score (nSPS) is 36.0. The van der Waals surface area contributed by atoms with Gasteiger partial charge in [-0.3, -0.25) is 14.4 Å². The smallest absolute Gasteiger partial charge is 0.325 e. The van der Waals surface area contributed by atoms with Crippen LogP contribution >= 0.6 is 0 Å². The number of amides is 1. The van der Waals surface area contributed by atoms with Crippen molar-refractivity contribution in [2.24, 2.45) is 52.1 Å². The summed E-state index contributed by atoms with van der Waals surface area (Å²) in [6.07, 6.45) is 10.7. The van der Waals surface area contributed by atoms with E-state index in [9.17, 15) is 19.5 Å². The van der Waals surface area contributed by atoms with Gasteiger partial charge in [-0.05, 0) is 123 Å². The molecule has 0 aliphatic heterocycles. The number of aliphatic hydroxyl groups is 1. The van der Waals surface area contributed by atoms with Gasteiger partial charge in [-0.15, -0.1) is 0 Å². The van der Waals surface area contributed by atoms with E-state index >= 15 is 0 Å². The molecule has 0 radical (unpaired) electrons. The van der Waals surface area contributed by atoms with Crippen molar-refractivity contribution in [2.75, 3.05) is 6.54 Å². The molecule has 4 N–H and O–H groups in total. The number of aliphatic hydroxyl groups excluding tert-OH is 1. The van der Waals surface area contributed by atoms with Gasteiger partial charge in [0.2, 0.25) is 5.91 Å². The average molecular weight is 625 g/mol. The summed E-state index contributed by atoms with van der Waals surface area (Å²) in [5, 5.41) is 12.0. The van der Waals surface area contributed by atoms with Gasteiger partial charge in [-0.1, -0.05) is 51.1 Å². The van der Waals surface area contributed by atoms with Crippen LogP contribution in [0.25, 0.3) is 0 Å². The number of nitrogens with one attached hydrogen (secondary N) is 1. The summed E-state index contributed by atoms with van der Waals surface area (Å²) in [6, 6.07) is 8.83. The minimum absolute atomic E-state index is 0.0908. The number of hydrogen-bond donors (Lipinski definition) is 3. The van der Waals surface area contributed by atoms with Gasteiger partial charge < -0.3 is 25.6 Å². The first-order chi connectivity index (χ1) is 21.4. The molecule has 0 aromatic heterocycles. The van der Waals surface area contributed by atoms with E-state index in [0.29, 0.717) is 42.1 Å². The Hall–Kier alpha value is -2.45. The highest BCUT2D eigenvalue weighted by atomic mass is 16.5. The summed E-state index contributed by atoms with van der Waals surface area (Å²) in [4.78, 5) is 37.1. The van der Waals surface area contributed by atoms with Crippen molar-refractivity contribution in [1.29, 1.82) is 0 Å². The Morgan fingerprint density at radius 3 is 2.40 bits per heavy atom. The summed E-state index contributed by atoms with van der Waals surface area (Å²) >= 11 is 0. The predicted molar refractivity (Wildman–Crippen MR) is 172 cm³/mol. The van der Waals surface area contributed by atoms with Crippen LogP contribution in [0.2, 0.25) is 0 Å². The molecule has 1 amide bonds. The summed E-state index contributed by atoms with van der Waals surface area (Å²) in [6.45, 7) is 9.02. The summed E-state index contributed by atoms with van der Waals surface area (Å²) in [7, 11) is 0. The third-order valence-electron chi connectivity index (χ3n) is 13.0. The Morgan fingerprint density at radius 1 is 0.956 bits per heavy atom. The molecule has 4 fully saturated rings. The van der Waals surface area contributed by atoms with Crippen molar-refractivity contribution < 1.29 is 29.0 Å². The van der Waals surface area contributed by atoms with Gasteiger partial charge in [-0.25, -0.2) is 0 Å². The first-order valence-electron chi connectivity index (χ1n) is 17.5. The third kappa shape index (κ3) is 7.27. The Kier molecular flexibility index (Phi) is 10.6. The minimum Gasteiger partial charge on any atom is -0.461 e. The van der Waals surface area contributed by atoms with Crippen molar-refractivity contribution in [3.8, 4) is 0 Å². The first kappa shape index (κ1) is 33.9. The molecule has 0 spiro atoms. The van der Waals surface area contributed by atoms with Crippen molar-refractivity contribution >= 4 is 17.8 Å². The quantitative estimate of drug-likeness (QED) is 0.276. The molecule has 45 heavy (non-hydrogen) atoms. The van der Waals surface area contributed by atoms with Gasteiger partial charge in [0.1, 0.15) is 25.3 Å². The van der Waals surface area contributed by atoms with Gasteiger partial charge in [0.15, 0.2) is 0 Å². The standard InChI is InChI=1S/C37H56N2O6/c1-23(10-15-32(41)44-22-25-8-6-5-7-9-25)29-13-14-30-28-12-11-26-20-27(45-33(42)21-39-35(43)34(38)24(2)40)16-18-36(26,3)31(28)17-19-37(29,30)4/h5-9,23-24,26-31,34,40H,10-22,38H2,1-4H3,(H,39,43)/t23-,24+,26+,27+,28-,29+,30-,31-,34-,36-,37+/m0/s1. The lowest BCUT2D eigenvalue weighted by Gasteiger charge is -2.61. The lowest BCUT2D eigenvalue weighted by atomic mass is 9.44. The second kappa shape index (κ2) is 14.1. The maximum absolute atomic E-state index is 12.6. The fraction of sp³-hybridized carbons (Fsp3) is 0.757. The molecule has 4 aliphatic carbocycles. The van der Waals surface area contributed by atoms with E-state index in [2.05, 4.69) is 26.1 Å². The van der Waals surface area contributed by atoms with Crippen LogP contribution in [0.15, 0.2) is 30.3 Å². The monoisotopic (exact) mass is 624 g/mol. The molecule has 5 rings (SSSR count). The molecular formula is C37H56N2O6. The van der Waals surface area contributed by atoms with E-state index in [1.807, 2.05) is 30.3 Å². The molecule has 1 aromatic carbocycles. The number of nitrogens with two attached hydrogens (primary N) is 1. The van der Waals surface area contributed by atoms with E-state index in [1.165, 1.54) is 45.4 Å². The Morgan fingerprint density at radius 2 is 1.67 bits per heavy atom. The van der Waals surface area contributed by atoms with E-state index in [-0.39, 0.29) is 24.0 Å². The van der Waals surface area contributed by atoms with Gasteiger partial charge in [0.05, 0.1) is 6.10 Å². The average Bonchev–Trinajstić information content (AvgIpc) is 3.39. The lowest BCUT2D eigenvalue weighted by Crippen LogP contribution is -2.54. The van der Waals surface area contributed by atoms with Crippen LogP contribution < -0.4 is 11.1 Å². The molecule has 0 bridgehead atoms. The molecule has 4 aliphatic rings. The minimum atomic E-state index is -1.06. The van der Waals surface area contributed by atoms with Crippen molar-refractivity contribution in [2.45, 2.75) is 123 Å². The number of carbonyl (C=O) groups excluding carboxylic acids is 3. The van der Waals surface area contributed by atoms with Crippen molar-refractivity contribution in [3.05, 3.63) is 35.9 Å². The molecule has 8 nitrogen and oxygen atoms in total. The highest BCUT2D eigenvalue weighted by molar-refractivity contribution is 5.85. The summed E-state index contributed by atoms with van der Waals surface area (Å²) in [5.41, 5.74) is 7.30. The van der Waals surface area contributed by atoms with Crippen LogP contribution in [-0.2, 0) is 30.5 Å². The Labute approximate surface area is 269 Å². The van der Waals surface area contributed by atoms with Crippen LogP contribution in [0.1, 0.15) is 104 Å². The number of carbonyl (C=O) groups is 3. The topological polar surface area (TPSA) is 128 Å². The molecular weight excluding hydrogens is 568 g/mol. The fourth-order valence-corrected chi connectivity index (χ4v) is 10.4. The second-order valence-electron chi connectivity index (χ2n) is 15.4. The molecule has 0 heterocycles. The fourth-order valence-electron chi connectivity index (χ4n) is 10.4. The zero-order chi connectivity index (χ0) is 32.4. The number of hydrogen-bond acceptors (Lipinski definition) is 7. The van der Waals surface area contributed by atoms with Gasteiger partial charge in [-0.2, -0.15) is 0 Å². The maximum atomic E-state index is 12.6. The lowest BCUT2D eigenvalue weighted by molar-refractivity contribution is -0.162. The molecule has 1 aromatic rings. The number of rotatable bonds is 11. The molecule has 0 saturated heterocycles. The largest absolute Gasteiger partial charge is 0.461 e. The van der Waals surface area contributed by atoms with Gasteiger partial charge in [0, 0.05) is 6.42 Å². The Bertz CT molecular complexity index is 1190. The highest BCUT2D eigenvalue weighted by Crippen LogP contribution is 2.68. The van der Waals surface area contributed by atoms with Crippen molar-refractivity contribution in [1.82, 2.24) is 5.32 Å².